The van der Waals surface area contributed by atoms with Gasteiger partial charge in [0.2, 0.25) is 0 Å². The number of fused-ring (bicyclic) bond motifs is 2. The van der Waals surface area contributed by atoms with Crippen LogP contribution in [-0.4, -0.2) is 0 Å². The molecular formula is C31H47F. The average molecular weight is 439 g/mol. The normalized spacial score (nSPS) is 29.9. The highest BCUT2D eigenvalue weighted by atomic mass is 19.1. The SMILES string of the molecule is C=CCCc1cc2c(cc1F)CC(C1CCC3CC(CCCCCCC)CCC3C1)CC2. The first kappa shape index (κ1) is 24.0. The Morgan fingerprint density at radius 1 is 0.875 bits per heavy atom. The molecule has 5 atom stereocenters. The van der Waals surface area contributed by atoms with Crippen molar-refractivity contribution in [2.45, 2.75) is 116 Å². The summed E-state index contributed by atoms with van der Waals surface area (Å²) < 4.78 is 14.6. The van der Waals surface area contributed by atoms with Gasteiger partial charge in [-0.3, -0.25) is 0 Å². The van der Waals surface area contributed by atoms with Crippen molar-refractivity contribution in [3.8, 4) is 0 Å². The molecule has 0 aliphatic heterocycles. The average Bonchev–Trinajstić information content (AvgIpc) is 2.82. The van der Waals surface area contributed by atoms with Gasteiger partial charge in [0.15, 0.2) is 0 Å². The van der Waals surface area contributed by atoms with Gasteiger partial charge in [-0.05, 0) is 117 Å². The Morgan fingerprint density at radius 2 is 1.62 bits per heavy atom. The van der Waals surface area contributed by atoms with E-state index in [0.29, 0.717) is 0 Å². The molecule has 4 rings (SSSR count). The van der Waals surface area contributed by atoms with E-state index in [0.717, 1.165) is 60.8 Å². The summed E-state index contributed by atoms with van der Waals surface area (Å²) in [7, 11) is 0. The Kier molecular flexibility index (Phi) is 8.90. The van der Waals surface area contributed by atoms with Crippen LogP contribution in [0.15, 0.2) is 24.8 Å². The number of hydrogen-bond acceptors (Lipinski definition) is 0. The van der Waals surface area contributed by atoms with Gasteiger partial charge in [-0.1, -0.05) is 64.0 Å². The molecule has 2 saturated carbocycles. The Bertz CT molecular complexity index is 734. The topological polar surface area (TPSA) is 0 Å². The Balaban J connectivity index is 1.26. The van der Waals surface area contributed by atoms with E-state index in [1.807, 2.05) is 12.1 Å². The monoisotopic (exact) mass is 438 g/mol. The van der Waals surface area contributed by atoms with Gasteiger partial charge in [0.05, 0.1) is 0 Å². The highest BCUT2D eigenvalue weighted by Crippen LogP contribution is 2.49. The van der Waals surface area contributed by atoms with Gasteiger partial charge in [0.1, 0.15) is 5.82 Å². The highest BCUT2D eigenvalue weighted by molar-refractivity contribution is 5.35. The zero-order valence-corrected chi connectivity index (χ0v) is 20.7. The summed E-state index contributed by atoms with van der Waals surface area (Å²) in [6.07, 6.45) is 24.7. The van der Waals surface area contributed by atoms with E-state index in [2.05, 4.69) is 19.6 Å². The summed E-state index contributed by atoms with van der Waals surface area (Å²) in [6.45, 7) is 6.10. The van der Waals surface area contributed by atoms with Crippen LogP contribution in [0.25, 0.3) is 0 Å². The molecule has 0 amide bonds. The molecule has 0 radical (unpaired) electrons. The van der Waals surface area contributed by atoms with E-state index in [-0.39, 0.29) is 5.82 Å². The highest BCUT2D eigenvalue weighted by Gasteiger charge is 2.38. The van der Waals surface area contributed by atoms with Crippen molar-refractivity contribution in [1.29, 1.82) is 0 Å². The van der Waals surface area contributed by atoms with E-state index in [4.69, 9.17) is 0 Å². The van der Waals surface area contributed by atoms with Crippen LogP contribution in [0.1, 0.15) is 114 Å². The number of allylic oxidation sites excluding steroid dienone is 1. The maximum atomic E-state index is 14.6. The lowest BCUT2D eigenvalue weighted by molar-refractivity contribution is 0.0689. The van der Waals surface area contributed by atoms with E-state index in [9.17, 15) is 4.39 Å². The zero-order valence-electron chi connectivity index (χ0n) is 20.7. The molecular weight excluding hydrogens is 391 g/mol. The van der Waals surface area contributed by atoms with E-state index < -0.39 is 0 Å². The number of aryl methyl sites for hydroxylation is 2. The Hall–Kier alpha value is -1.11. The summed E-state index contributed by atoms with van der Waals surface area (Å²) >= 11 is 0. The van der Waals surface area contributed by atoms with Crippen molar-refractivity contribution in [2.75, 3.05) is 0 Å². The lowest BCUT2D eigenvalue weighted by Crippen LogP contribution is -2.35. The quantitative estimate of drug-likeness (QED) is 0.252. The lowest BCUT2D eigenvalue weighted by Gasteiger charge is -2.45. The molecule has 1 aromatic rings. The first-order valence-corrected chi connectivity index (χ1v) is 14.1. The molecule has 0 saturated heterocycles. The summed E-state index contributed by atoms with van der Waals surface area (Å²) in [6, 6.07) is 4.06. The first-order chi connectivity index (χ1) is 15.7. The molecule has 0 spiro atoms. The summed E-state index contributed by atoms with van der Waals surface area (Å²) in [5.41, 5.74) is 3.63. The molecule has 32 heavy (non-hydrogen) atoms. The van der Waals surface area contributed by atoms with Gasteiger partial charge in [0, 0.05) is 0 Å². The number of unbranched alkanes of at least 4 members (excludes halogenated alkanes) is 4. The third-order valence-electron chi connectivity index (χ3n) is 9.40. The number of halogens is 1. The van der Waals surface area contributed by atoms with Gasteiger partial charge in [0.25, 0.3) is 0 Å². The maximum absolute atomic E-state index is 14.6. The number of hydrogen-bond donors (Lipinski definition) is 0. The molecule has 3 aliphatic rings. The molecule has 0 heterocycles. The number of rotatable bonds is 10. The van der Waals surface area contributed by atoms with E-state index in [1.165, 1.54) is 94.6 Å². The van der Waals surface area contributed by atoms with Crippen molar-refractivity contribution < 1.29 is 4.39 Å². The maximum Gasteiger partial charge on any atom is 0.126 e. The van der Waals surface area contributed by atoms with Crippen LogP contribution in [0, 0.1) is 35.4 Å². The Morgan fingerprint density at radius 3 is 2.44 bits per heavy atom. The van der Waals surface area contributed by atoms with Crippen LogP contribution in [0.2, 0.25) is 0 Å². The third-order valence-corrected chi connectivity index (χ3v) is 9.40. The van der Waals surface area contributed by atoms with Crippen molar-refractivity contribution in [3.05, 3.63) is 47.3 Å². The minimum Gasteiger partial charge on any atom is -0.207 e. The molecule has 2 fully saturated rings. The molecule has 0 nitrogen and oxygen atoms in total. The van der Waals surface area contributed by atoms with Gasteiger partial charge in [-0.2, -0.15) is 0 Å². The van der Waals surface area contributed by atoms with E-state index >= 15 is 0 Å². The fourth-order valence-electron chi connectivity index (χ4n) is 7.46. The minimum absolute atomic E-state index is 0.0166. The largest absolute Gasteiger partial charge is 0.207 e. The molecule has 1 aromatic carbocycles. The van der Waals surface area contributed by atoms with Crippen LogP contribution >= 0.6 is 0 Å². The van der Waals surface area contributed by atoms with Crippen molar-refractivity contribution in [3.63, 3.8) is 0 Å². The third kappa shape index (κ3) is 6.06. The fraction of sp³-hybridized carbons (Fsp3) is 0.742. The smallest absolute Gasteiger partial charge is 0.126 e. The van der Waals surface area contributed by atoms with Crippen LogP contribution < -0.4 is 0 Å². The summed E-state index contributed by atoms with van der Waals surface area (Å²) in [5, 5.41) is 0. The zero-order chi connectivity index (χ0) is 22.3. The van der Waals surface area contributed by atoms with Crippen LogP contribution in [-0.2, 0) is 19.3 Å². The predicted molar refractivity (Wildman–Crippen MR) is 135 cm³/mol. The first-order valence-electron chi connectivity index (χ1n) is 14.1. The molecule has 0 N–H and O–H groups in total. The summed E-state index contributed by atoms with van der Waals surface area (Å²) in [4.78, 5) is 0. The fourth-order valence-corrected chi connectivity index (χ4v) is 7.46. The van der Waals surface area contributed by atoms with Crippen LogP contribution in [0.4, 0.5) is 4.39 Å². The second kappa shape index (κ2) is 11.8. The van der Waals surface area contributed by atoms with Crippen molar-refractivity contribution in [1.82, 2.24) is 0 Å². The lowest BCUT2D eigenvalue weighted by atomic mass is 9.60. The predicted octanol–water partition coefficient (Wildman–Crippen LogP) is 9.24. The molecule has 5 unspecified atom stereocenters. The second-order valence-corrected chi connectivity index (χ2v) is 11.5. The van der Waals surface area contributed by atoms with Gasteiger partial charge in [-0.15, -0.1) is 6.58 Å². The van der Waals surface area contributed by atoms with Crippen LogP contribution in [0.3, 0.4) is 0 Å². The van der Waals surface area contributed by atoms with Crippen LogP contribution in [0.5, 0.6) is 0 Å². The van der Waals surface area contributed by atoms with Crippen molar-refractivity contribution in [2.24, 2.45) is 29.6 Å². The van der Waals surface area contributed by atoms with Gasteiger partial charge in [-0.25, -0.2) is 4.39 Å². The molecule has 0 aromatic heterocycles. The minimum atomic E-state index is 0.0166. The second-order valence-electron chi connectivity index (χ2n) is 11.5. The molecule has 178 valence electrons. The van der Waals surface area contributed by atoms with Gasteiger partial charge < -0.3 is 0 Å². The molecule has 3 aliphatic carbocycles. The van der Waals surface area contributed by atoms with E-state index in [1.54, 1.807) is 0 Å². The summed E-state index contributed by atoms with van der Waals surface area (Å²) in [5.74, 6) is 4.72. The standard InChI is InChI=1S/C31H47F/c1-3-5-7-8-9-10-23-12-13-25-19-26(15-14-24(25)18-23)27-16-17-28-20-29(11-6-4-2)31(32)22-30(28)21-27/h4,20,22-27H,2-3,5-19,21H2,1H3. The molecule has 1 heteroatoms. The molecule has 0 bridgehead atoms. The Labute approximate surface area is 197 Å². The van der Waals surface area contributed by atoms with Gasteiger partial charge >= 0.3 is 0 Å². The number of benzene rings is 1. The van der Waals surface area contributed by atoms with Crippen molar-refractivity contribution >= 4 is 0 Å².